The summed E-state index contributed by atoms with van der Waals surface area (Å²) in [5.41, 5.74) is 4.93. The topological polar surface area (TPSA) is 56.8 Å². The minimum atomic E-state index is -0.346. The fourth-order valence-corrected chi connectivity index (χ4v) is 4.52. The molecule has 2 aliphatic rings. The highest BCUT2D eigenvalue weighted by atomic mass is 16.7. The molecule has 1 fully saturated rings. The predicted octanol–water partition coefficient (Wildman–Crippen LogP) is 5.63. The van der Waals surface area contributed by atoms with Gasteiger partial charge in [-0.15, -0.1) is 0 Å². The number of amides is 1. The van der Waals surface area contributed by atoms with Gasteiger partial charge in [-0.2, -0.15) is 0 Å². The maximum absolute atomic E-state index is 12.4. The molecule has 5 nitrogen and oxygen atoms in total. The lowest BCUT2D eigenvalue weighted by Crippen LogP contribution is -2.33. The van der Waals surface area contributed by atoms with Crippen molar-refractivity contribution in [2.45, 2.75) is 63.7 Å². The highest BCUT2D eigenvalue weighted by molar-refractivity contribution is 5.79. The number of hydrogen-bond acceptors (Lipinski definition) is 4. The van der Waals surface area contributed by atoms with Gasteiger partial charge < -0.3 is 19.5 Å². The maximum Gasteiger partial charge on any atom is 0.407 e. The fourth-order valence-electron chi connectivity index (χ4n) is 4.52. The molecule has 0 bridgehead atoms. The van der Waals surface area contributed by atoms with E-state index in [4.69, 9.17) is 14.2 Å². The molecule has 0 spiro atoms. The normalized spacial score (nSPS) is 18.8. The molecule has 4 rings (SSSR count). The quantitative estimate of drug-likeness (QED) is 0.531. The Labute approximate surface area is 185 Å². The lowest BCUT2D eigenvalue weighted by atomic mass is 9.98. The van der Waals surface area contributed by atoms with Crippen molar-refractivity contribution in [3.05, 3.63) is 59.7 Å². The van der Waals surface area contributed by atoms with Crippen LogP contribution in [0.3, 0.4) is 0 Å². The molecule has 0 aromatic heterocycles. The van der Waals surface area contributed by atoms with Crippen molar-refractivity contribution in [3.63, 3.8) is 0 Å². The number of ether oxygens (including phenoxy) is 3. The van der Waals surface area contributed by atoms with Crippen molar-refractivity contribution in [2.75, 3.05) is 19.8 Å². The van der Waals surface area contributed by atoms with E-state index in [9.17, 15) is 4.79 Å². The first kappa shape index (κ1) is 21.8. The lowest BCUT2D eigenvalue weighted by molar-refractivity contribution is -0.162. The summed E-state index contributed by atoms with van der Waals surface area (Å²) in [7, 11) is 0. The van der Waals surface area contributed by atoms with Gasteiger partial charge in [0.1, 0.15) is 6.61 Å². The standard InChI is InChI=1S/C26H33NO4/c1-19(10-6-8-16-29-25-15-7-9-17-30-25)27-26(28)31-18-24-22-13-4-2-11-20(22)21-12-3-5-14-23(21)24/h2-5,11-14,19,24-25H,6-10,15-18H2,1H3,(H,27,28)/t19-,25?/m0/s1. The van der Waals surface area contributed by atoms with Crippen LogP contribution in [0.5, 0.6) is 0 Å². The molecule has 1 aliphatic heterocycles. The monoisotopic (exact) mass is 423 g/mol. The molecule has 1 unspecified atom stereocenters. The van der Waals surface area contributed by atoms with Crippen LogP contribution in [0, 0.1) is 0 Å². The molecule has 5 heteroatoms. The SMILES string of the molecule is C[C@@H](CCCCOC1CCCCO1)NC(=O)OCC1c2ccccc2-c2ccccc21. The highest BCUT2D eigenvalue weighted by Crippen LogP contribution is 2.44. The minimum Gasteiger partial charge on any atom is -0.449 e. The number of benzene rings is 2. The molecule has 0 saturated carbocycles. The summed E-state index contributed by atoms with van der Waals surface area (Å²) in [6.07, 6.45) is 5.82. The fraction of sp³-hybridized carbons (Fsp3) is 0.500. The number of hydrogen-bond donors (Lipinski definition) is 1. The van der Waals surface area contributed by atoms with Crippen molar-refractivity contribution < 1.29 is 19.0 Å². The van der Waals surface area contributed by atoms with Gasteiger partial charge in [0.2, 0.25) is 0 Å². The first-order valence-corrected chi connectivity index (χ1v) is 11.6. The van der Waals surface area contributed by atoms with E-state index in [2.05, 4.69) is 41.7 Å². The molecule has 2 aromatic carbocycles. The highest BCUT2D eigenvalue weighted by Gasteiger charge is 2.29. The second-order valence-electron chi connectivity index (χ2n) is 8.53. The molecule has 1 N–H and O–H groups in total. The van der Waals surface area contributed by atoms with E-state index in [0.717, 1.165) is 38.7 Å². The summed E-state index contributed by atoms with van der Waals surface area (Å²) in [6.45, 7) is 3.89. The summed E-state index contributed by atoms with van der Waals surface area (Å²) >= 11 is 0. The first-order valence-electron chi connectivity index (χ1n) is 11.6. The van der Waals surface area contributed by atoms with E-state index in [1.165, 1.54) is 28.7 Å². The van der Waals surface area contributed by atoms with Crippen LogP contribution in [-0.2, 0) is 14.2 Å². The van der Waals surface area contributed by atoms with Crippen LogP contribution in [-0.4, -0.2) is 38.2 Å². The second-order valence-corrected chi connectivity index (χ2v) is 8.53. The molecule has 31 heavy (non-hydrogen) atoms. The third kappa shape index (κ3) is 5.66. The van der Waals surface area contributed by atoms with Crippen LogP contribution in [0.4, 0.5) is 4.79 Å². The second kappa shape index (κ2) is 10.8. The maximum atomic E-state index is 12.4. The van der Waals surface area contributed by atoms with E-state index in [1.54, 1.807) is 0 Å². The van der Waals surface area contributed by atoms with Crippen molar-refractivity contribution in [2.24, 2.45) is 0 Å². The van der Waals surface area contributed by atoms with Gasteiger partial charge in [0, 0.05) is 25.2 Å². The summed E-state index contributed by atoms with van der Waals surface area (Å²) in [6, 6.07) is 16.8. The molecule has 1 aliphatic carbocycles. The summed E-state index contributed by atoms with van der Waals surface area (Å²) in [5, 5.41) is 2.97. The lowest BCUT2D eigenvalue weighted by Gasteiger charge is -2.22. The number of unbranched alkanes of at least 4 members (excludes halogenated alkanes) is 1. The van der Waals surface area contributed by atoms with Gasteiger partial charge in [0.15, 0.2) is 6.29 Å². The Morgan fingerprint density at radius 3 is 2.45 bits per heavy atom. The van der Waals surface area contributed by atoms with Crippen molar-refractivity contribution in [3.8, 4) is 11.1 Å². The Balaban J connectivity index is 1.17. The number of rotatable bonds is 9. The number of carbonyl (C=O) groups is 1. The zero-order valence-corrected chi connectivity index (χ0v) is 18.3. The molecule has 166 valence electrons. The van der Waals surface area contributed by atoms with E-state index < -0.39 is 0 Å². The zero-order chi connectivity index (χ0) is 21.5. The predicted molar refractivity (Wildman–Crippen MR) is 121 cm³/mol. The number of fused-ring (bicyclic) bond motifs is 3. The van der Waals surface area contributed by atoms with Crippen LogP contribution < -0.4 is 5.32 Å². The van der Waals surface area contributed by atoms with Crippen LogP contribution in [0.1, 0.15) is 62.5 Å². The van der Waals surface area contributed by atoms with Gasteiger partial charge >= 0.3 is 6.09 Å². The van der Waals surface area contributed by atoms with Crippen molar-refractivity contribution >= 4 is 6.09 Å². The molecular formula is C26H33NO4. The average Bonchev–Trinajstić information content (AvgIpc) is 3.12. The smallest absolute Gasteiger partial charge is 0.407 e. The number of carbonyl (C=O) groups excluding carboxylic acids is 1. The molecule has 2 atom stereocenters. The van der Waals surface area contributed by atoms with E-state index in [0.29, 0.717) is 13.2 Å². The van der Waals surface area contributed by atoms with Crippen LogP contribution in [0.2, 0.25) is 0 Å². The number of alkyl carbamates (subject to hydrolysis) is 1. The van der Waals surface area contributed by atoms with E-state index in [-0.39, 0.29) is 24.3 Å². The average molecular weight is 424 g/mol. The minimum absolute atomic E-state index is 0.0230. The molecule has 1 saturated heterocycles. The molecular weight excluding hydrogens is 390 g/mol. The Bertz CT molecular complexity index is 816. The summed E-state index contributed by atoms with van der Waals surface area (Å²) in [5.74, 6) is 0.0904. The van der Waals surface area contributed by atoms with Gasteiger partial charge in [0.25, 0.3) is 0 Å². The van der Waals surface area contributed by atoms with Gasteiger partial charge in [-0.05, 0) is 67.7 Å². The largest absolute Gasteiger partial charge is 0.449 e. The van der Waals surface area contributed by atoms with Crippen molar-refractivity contribution in [1.29, 1.82) is 0 Å². The molecule has 0 radical (unpaired) electrons. The van der Waals surface area contributed by atoms with Gasteiger partial charge in [-0.25, -0.2) is 4.79 Å². The summed E-state index contributed by atoms with van der Waals surface area (Å²) < 4.78 is 17.0. The Kier molecular flexibility index (Phi) is 7.60. The van der Waals surface area contributed by atoms with Crippen molar-refractivity contribution in [1.82, 2.24) is 5.32 Å². The third-order valence-corrected chi connectivity index (χ3v) is 6.18. The van der Waals surface area contributed by atoms with Crippen LogP contribution in [0.25, 0.3) is 11.1 Å². The van der Waals surface area contributed by atoms with Crippen LogP contribution >= 0.6 is 0 Å². The van der Waals surface area contributed by atoms with E-state index in [1.807, 2.05) is 19.1 Å². The Hall–Kier alpha value is -2.37. The first-order chi connectivity index (χ1) is 15.2. The Morgan fingerprint density at radius 2 is 1.77 bits per heavy atom. The number of nitrogens with one attached hydrogen (secondary N) is 1. The van der Waals surface area contributed by atoms with Gasteiger partial charge in [-0.1, -0.05) is 48.5 Å². The third-order valence-electron chi connectivity index (χ3n) is 6.18. The molecule has 1 amide bonds. The summed E-state index contributed by atoms with van der Waals surface area (Å²) in [4.78, 5) is 12.4. The zero-order valence-electron chi connectivity index (χ0n) is 18.3. The molecule has 1 heterocycles. The van der Waals surface area contributed by atoms with Gasteiger partial charge in [0.05, 0.1) is 0 Å². The Morgan fingerprint density at radius 1 is 1.06 bits per heavy atom. The molecule has 2 aromatic rings. The van der Waals surface area contributed by atoms with Crippen LogP contribution in [0.15, 0.2) is 48.5 Å². The van der Waals surface area contributed by atoms with E-state index >= 15 is 0 Å². The van der Waals surface area contributed by atoms with Gasteiger partial charge in [-0.3, -0.25) is 0 Å².